The molecule has 1 aliphatic carbocycles. The minimum atomic E-state index is 0.942. The van der Waals surface area contributed by atoms with Crippen LogP contribution in [0.15, 0.2) is 30.3 Å². The van der Waals surface area contributed by atoms with Crippen LogP contribution >= 0.6 is 15.9 Å². The minimum Gasteiger partial charge on any atom is -0.298 e. The van der Waals surface area contributed by atoms with Gasteiger partial charge in [0.2, 0.25) is 0 Å². The third kappa shape index (κ3) is 4.44. The summed E-state index contributed by atoms with van der Waals surface area (Å²) in [7, 11) is 0. The van der Waals surface area contributed by atoms with E-state index in [1.54, 1.807) is 0 Å². The van der Waals surface area contributed by atoms with Gasteiger partial charge in [0.05, 0.1) is 0 Å². The lowest BCUT2D eigenvalue weighted by Gasteiger charge is -2.24. The van der Waals surface area contributed by atoms with Gasteiger partial charge in [-0.25, -0.2) is 0 Å². The Hall–Kier alpha value is -0.340. The Bertz CT molecular complexity index is 306. The first-order chi connectivity index (χ1) is 8.38. The average Bonchev–Trinajstić information content (AvgIpc) is 2.83. The molecule has 0 heterocycles. The molecule has 1 aromatic carbocycles. The zero-order valence-corrected chi connectivity index (χ0v) is 12.0. The SMILES string of the molecule is BrCCN(Cc1ccccc1)CC1CCCC1. The number of halogens is 1. The molecule has 0 radical (unpaired) electrons. The van der Waals surface area contributed by atoms with E-state index < -0.39 is 0 Å². The second-order valence-electron chi connectivity index (χ2n) is 5.06. The van der Waals surface area contributed by atoms with Gasteiger partial charge in [0.25, 0.3) is 0 Å². The summed E-state index contributed by atoms with van der Waals surface area (Å²) in [5.74, 6) is 0.942. The number of rotatable bonds is 6. The molecule has 2 rings (SSSR count). The van der Waals surface area contributed by atoms with E-state index >= 15 is 0 Å². The second kappa shape index (κ2) is 7.17. The van der Waals surface area contributed by atoms with Gasteiger partial charge < -0.3 is 0 Å². The lowest BCUT2D eigenvalue weighted by atomic mass is 10.1. The number of hydrogen-bond acceptors (Lipinski definition) is 1. The Morgan fingerprint density at radius 2 is 1.82 bits per heavy atom. The molecular weight excluding hydrogens is 274 g/mol. The first-order valence-corrected chi connectivity index (χ1v) is 7.83. The molecule has 0 N–H and O–H groups in total. The van der Waals surface area contributed by atoms with Crippen molar-refractivity contribution in [3.8, 4) is 0 Å². The number of hydrogen-bond donors (Lipinski definition) is 0. The van der Waals surface area contributed by atoms with Crippen molar-refractivity contribution in [3.05, 3.63) is 35.9 Å². The monoisotopic (exact) mass is 295 g/mol. The summed E-state index contributed by atoms with van der Waals surface area (Å²) in [6, 6.07) is 10.8. The maximum atomic E-state index is 3.57. The first kappa shape index (κ1) is 13.1. The molecule has 1 nitrogen and oxygen atoms in total. The summed E-state index contributed by atoms with van der Waals surface area (Å²) >= 11 is 3.57. The quantitative estimate of drug-likeness (QED) is 0.715. The highest BCUT2D eigenvalue weighted by Gasteiger charge is 2.18. The van der Waals surface area contributed by atoms with Crippen molar-refractivity contribution in [2.45, 2.75) is 32.2 Å². The van der Waals surface area contributed by atoms with Crippen molar-refractivity contribution in [1.82, 2.24) is 4.90 Å². The molecule has 1 aliphatic rings. The molecule has 0 aliphatic heterocycles. The predicted octanol–water partition coefficient (Wildman–Crippen LogP) is 4.07. The molecule has 17 heavy (non-hydrogen) atoms. The Balaban J connectivity index is 1.87. The van der Waals surface area contributed by atoms with E-state index in [1.807, 2.05) is 0 Å². The normalized spacial score (nSPS) is 16.8. The summed E-state index contributed by atoms with van der Waals surface area (Å²) in [5.41, 5.74) is 1.44. The van der Waals surface area contributed by atoms with Crippen LogP contribution in [-0.2, 0) is 6.54 Å². The number of alkyl halides is 1. The standard InChI is InChI=1S/C15H22BrN/c16-10-11-17(13-15-8-4-5-9-15)12-14-6-2-1-3-7-14/h1-3,6-7,15H,4-5,8-13H2. The van der Waals surface area contributed by atoms with Gasteiger partial charge in [-0.15, -0.1) is 0 Å². The van der Waals surface area contributed by atoms with Crippen LogP contribution < -0.4 is 0 Å². The second-order valence-corrected chi connectivity index (χ2v) is 5.85. The van der Waals surface area contributed by atoms with E-state index in [2.05, 4.69) is 51.2 Å². The van der Waals surface area contributed by atoms with Gasteiger partial charge in [-0.2, -0.15) is 0 Å². The van der Waals surface area contributed by atoms with Crippen LogP contribution in [0.5, 0.6) is 0 Å². The van der Waals surface area contributed by atoms with Crippen LogP contribution in [0, 0.1) is 5.92 Å². The van der Waals surface area contributed by atoms with Gasteiger partial charge in [0.1, 0.15) is 0 Å². The molecule has 0 spiro atoms. The van der Waals surface area contributed by atoms with Crippen LogP contribution in [0.4, 0.5) is 0 Å². The molecule has 1 aromatic rings. The van der Waals surface area contributed by atoms with E-state index in [4.69, 9.17) is 0 Å². The summed E-state index contributed by atoms with van der Waals surface area (Å²) in [6.07, 6.45) is 5.76. The third-order valence-electron chi connectivity index (χ3n) is 3.64. The predicted molar refractivity (Wildman–Crippen MR) is 77.5 cm³/mol. The van der Waals surface area contributed by atoms with Crippen molar-refractivity contribution >= 4 is 15.9 Å². The summed E-state index contributed by atoms with van der Waals surface area (Å²) in [6.45, 7) is 3.54. The van der Waals surface area contributed by atoms with E-state index in [1.165, 1.54) is 37.8 Å². The van der Waals surface area contributed by atoms with Gasteiger partial charge in [-0.05, 0) is 24.3 Å². The van der Waals surface area contributed by atoms with Gasteiger partial charge in [-0.1, -0.05) is 59.1 Å². The summed E-state index contributed by atoms with van der Waals surface area (Å²) < 4.78 is 0. The smallest absolute Gasteiger partial charge is 0.0234 e. The minimum absolute atomic E-state index is 0.942. The van der Waals surface area contributed by atoms with Crippen molar-refractivity contribution in [1.29, 1.82) is 0 Å². The van der Waals surface area contributed by atoms with Crippen LogP contribution in [-0.4, -0.2) is 23.3 Å². The van der Waals surface area contributed by atoms with Crippen molar-refractivity contribution < 1.29 is 0 Å². The van der Waals surface area contributed by atoms with E-state index in [9.17, 15) is 0 Å². The lowest BCUT2D eigenvalue weighted by molar-refractivity contribution is 0.237. The summed E-state index contributed by atoms with van der Waals surface area (Å²) in [5, 5.41) is 1.08. The molecule has 0 bridgehead atoms. The molecular formula is C15H22BrN. The number of nitrogens with zero attached hydrogens (tertiary/aromatic N) is 1. The first-order valence-electron chi connectivity index (χ1n) is 6.70. The topological polar surface area (TPSA) is 3.24 Å². The Morgan fingerprint density at radius 3 is 2.47 bits per heavy atom. The third-order valence-corrected chi connectivity index (χ3v) is 4.00. The zero-order valence-electron chi connectivity index (χ0n) is 10.4. The van der Waals surface area contributed by atoms with Crippen molar-refractivity contribution in [2.75, 3.05) is 18.4 Å². The maximum absolute atomic E-state index is 3.57. The number of benzene rings is 1. The molecule has 1 fully saturated rings. The van der Waals surface area contributed by atoms with Crippen molar-refractivity contribution in [3.63, 3.8) is 0 Å². The van der Waals surface area contributed by atoms with Gasteiger partial charge >= 0.3 is 0 Å². The van der Waals surface area contributed by atoms with Crippen LogP contribution in [0.3, 0.4) is 0 Å². The fraction of sp³-hybridized carbons (Fsp3) is 0.600. The van der Waals surface area contributed by atoms with E-state index in [0.29, 0.717) is 0 Å². The molecule has 0 aromatic heterocycles. The molecule has 0 unspecified atom stereocenters. The molecule has 2 heteroatoms. The molecule has 0 amide bonds. The van der Waals surface area contributed by atoms with Crippen LogP contribution in [0.2, 0.25) is 0 Å². The Kier molecular flexibility index (Phi) is 5.53. The lowest BCUT2D eigenvalue weighted by Crippen LogP contribution is -2.30. The van der Waals surface area contributed by atoms with Crippen LogP contribution in [0.25, 0.3) is 0 Å². The van der Waals surface area contributed by atoms with Gasteiger partial charge in [-0.3, -0.25) is 4.90 Å². The Morgan fingerprint density at radius 1 is 1.12 bits per heavy atom. The zero-order chi connectivity index (χ0) is 11.9. The molecule has 0 saturated heterocycles. The fourth-order valence-corrected chi connectivity index (χ4v) is 3.26. The van der Waals surface area contributed by atoms with Crippen LogP contribution in [0.1, 0.15) is 31.2 Å². The fourth-order valence-electron chi connectivity index (χ4n) is 2.75. The van der Waals surface area contributed by atoms with Crippen molar-refractivity contribution in [2.24, 2.45) is 5.92 Å². The van der Waals surface area contributed by atoms with E-state index in [0.717, 1.165) is 24.3 Å². The summed E-state index contributed by atoms with van der Waals surface area (Å²) in [4.78, 5) is 2.60. The van der Waals surface area contributed by atoms with Gasteiger partial charge in [0.15, 0.2) is 0 Å². The molecule has 1 saturated carbocycles. The Labute approximate surface area is 113 Å². The highest BCUT2D eigenvalue weighted by molar-refractivity contribution is 9.09. The highest BCUT2D eigenvalue weighted by atomic mass is 79.9. The molecule has 94 valence electrons. The molecule has 0 atom stereocenters. The highest BCUT2D eigenvalue weighted by Crippen LogP contribution is 2.26. The van der Waals surface area contributed by atoms with Gasteiger partial charge in [0, 0.05) is 25.0 Å². The maximum Gasteiger partial charge on any atom is 0.0234 e. The largest absolute Gasteiger partial charge is 0.298 e. The van der Waals surface area contributed by atoms with E-state index in [-0.39, 0.29) is 0 Å². The average molecular weight is 296 g/mol.